The van der Waals surface area contributed by atoms with Gasteiger partial charge in [0.2, 0.25) is 15.9 Å². The number of hydrogen-bond acceptors (Lipinski definition) is 4. The number of nitrogens with one attached hydrogen (secondary N) is 1. The molecule has 0 radical (unpaired) electrons. The third kappa shape index (κ3) is 5.28. The van der Waals surface area contributed by atoms with Crippen molar-refractivity contribution in [2.24, 2.45) is 0 Å². The average Bonchev–Trinajstić information content (AvgIpc) is 2.69. The molecule has 2 aromatic rings. The molecule has 2 heterocycles. The van der Waals surface area contributed by atoms with Crippen LogP contribution in [0.15, 0.2) is 58.4 Å². The molecule has 0 aliphatic carbocycles. The van der Waals surface area contributed by atoms with E-state index in [0.29, 0.717) is 25.1 Å². The maximum Gasteiger partial charge on any atom is 0.417 e. The Hall–Kier alpha value is -2.66. The second kappa shape index (κ2) is 8.60. The molecule has 1 aliphatic heterocycles. The van der Waals surface area contributed by atoms with Gasteiger partial charge in [-0.2, -0.15) is 13.2 Å². The molecule has 3 rings (SSSR count). The van der Waals surface area contributed by atoms with Gasteiger partial charge in [-0.3, -0.25) is 9.59 Å². The zero-order valence-corrected chi connectivity index (χ0v) is 16.6. The number of likely N-dealkylation sites (tertiary alicyclic amines) is 1. The lowest BCUT2D eigenvalue weighted by Crippen LogP contribution is -2.47. The van der Waals surface area contributed by atoms with Gasteiger partial charge in [-0.25, -0.2) is 13.1 Å². The Bertz CT molecular complexity index is 1060. The van der Waals surface area contributed by atoms with Crippen LogP contribution in [0.3, 0.4) is 0 Å². The van der Waals surface area contributed by atoms with Crippen LogP contribution in [0.1, 0.15) is 18.4 Å². The Morgan fingerprint density at radius 1 is 1.07 bits per heavy atom. The van der Waals surface area contributed by atoms with Gasteiger partial charge in [-0.05, 0) is 31.0 Å². The summed E-state index contributed by atoms with van der Waals surface area (Å²) in [6, 6.07) is 8.99. The van der Waals surface area contributed by atoms with Crippen LogP contribution in [0.5, 0.6) is 0 Å². The van der Waals surface area contributed by atoms with Gasteiger partial charge in [0.25, 0.3) is 5.56 Å². The van der Waals surface area contributed by atoms with E-state index in [4.69, 9.17) is 0 Å². The van der Waals surface area contributed by atoms with Crippen LogP contribution in [0.4, 0.5) is 13.2 Å². The first-order valence-corrected chi connectivity index (χ1v) is 10.7. The van der Waals surface area contributed by atoms with Crippen molar-refractivity contribution in [3.05, 3.63) is 64.6 Å². The number of benzene rings is 1. The minimum absolute atomic E-state index is 0.146. The molecule has 1 aromatic heterocycles. The molecule has 0 saturated carbocycles. The number of nitrogens with zero attached hydrogens (tertiary/aromatic N) is 2. The molecule has 11 heteroatoms. The highest BCUT2D eigenvalue weighted by molar-refractivity contribution is 7.89. The van der Waals surface area contributed by atoms with E-state index < -0.39 is 39.8 Å². The molecule has 1 aromatic carbocycles. The standard InChI is InChI=1S/C19H20F3N3O4S/c20-19(21,22)14-6-7-17(26)25(12-14)13-18(27)24-10-8-15(9-11-24)23-30(28,29)16-4-2-1-3-5-16/h1-7,12,15,23H,8-11,13H2. The highest BCUT2D eigenvalue weighted by atomic mass is 32.2. The molecule has 1 N–H and O–H groups in total. The van der Waals surface area contributed by atoms with Gasteiger partial charge >= 0.3 is 6.18 Å². The summed E-state index contributed by atoms with van der Waals surface area (Å²) in [4.78, 5) is 25.8. The summed E-state index contributed by atoms with van der Waals surface area (Å²) in [5, 5.41) is 0. The number of aromatic nitrogens is 1. The minimum atomic E-state index is -4.62. The van der Waals surface area contributed by atoms with Crippen molar-refractivity contribution in [3.8, 4) is 0 Å². The van der Waals surface area contributed by atoms with Crippen LogP contribution < -0.4 is 10.3 Å². The van der Waals surface area contributed by atoms with E-state index in [-0.39, 0.29) is 24.0 Å². The molecule has 0 bridgehead atoms. The first-order valence-electron chi connectivity index (χ1n) is 9.19. The highest BCUT2D eigenvalue weighted by Gasteiger charge is 2.32. The van der Waals surface area contributed by atoms with Gasteiger partial charge in [0.05, 0.1) is 10.5 Å². The number of alkyl halides is 3. The van der Waals surface area contributed by atoms with E-state index in [1.54, 1.807) is 18.2 Å². The minimum Gasteiger partial charge on any atom is -0.341 e. The van der Waals surface area contributed by atoms with Crippen molar-refractivity contribution >= 4 is 15.9 Å². The Morgan fingerprint density at radius 3 is 2.30 bits per heavy atom. The Balaban J connectivity index is 1.59. The molecule has 0 unspecified atom stereocenters. The summed E-state index contributed by atoms with van der Waals surface area (Å²) in [7, 11) is -3.68. The Kier molecular flexibility index (Phi) is 6.32. The van der Waals surface area contributed by atoms with Gasteiger partial charge in [0.15, 0.2) is 0 Å². The predicted molar refractivity (Wildman–Crippen MR) is 102 cm³/mol. The zero-order chi connectivity index (χ0) is 21.9. The first kappa shape index (κ1) is 22.0. The van der Waals surface area contributed by atoms with Crippen molar-refractivity contribution in [1.82, 2.24) is 14.2 Å². The number of amides is 1. The molecule has 30 heavy (non-hydrogen) atoms. The topological polar surface area (TPSA) is 88.5 Å². The van der Waals surface area contributed by atoms with Crippen LogP contribution in [0.25, 0.3) is 0 Å². The van der Waals surface area contributed by atoms with Crippen molar-refractivity contribution < 1.29 is 26.4 Å². The number of pyridine rings is 1. The molecule has 1 fully saturated rings. The van der Waals surface area contributed by atoms with E-state index in [0.717, 1.165) is 10.6 Å². The third-order valence-electron chi connectivity index (χ3n) is 4.84. The molecular formula is C19H20F3N3O4S. The van der Waals surface area contributed by atoms with Crippen molar-refractivity contribution in [2.45, 2.75) is 36.5 Å². The molecule has 7 nitrogen and oxygen atoms in total. The lowest BCUT2D eigenvalue weighted by molar-refractivity contribution is -0.139. The number of sulfonamides is 1. The summed E-state index contributed by atoms with van der Waals surface area (Å²) in [6.45, 7) is -0.0494. The fraction of sp³-hybridized carbons (Fsp3) is 0.368. The Labute approximate surface area is 171 Å². The quantitative estimate of drug-likeness (QED) is 0.764. The number of hydrogen-bond donors (Lipinski definition) is 1. The van der Waals surface area contributed by atoms with Crippen LogP contribution in [0, 0.1) is 0 Å². The normalized spacial score (nSPS) is 15.9. The summed E-state index contributed by atoms with van der Waals surface area (Å²) < 4.78 is 66.6. The summed E-state index contributed by atoms with van der Waals surface area (Å²) in [5.74, 6) is -0.499. The van der Waals surface area contributed by atoms with E-state index in [1.165, 1.54) is 17.0 Å². The first-order chi connectivity index (χ1) is 14.1. The monoisotopic (exact) mass is 443 g/mol. The van der Waals surface area contributed by atoms with Gasteiger partial charge in [0.1, 0.15) is 6.54 Å². The molecule has 162 valence electrons. The van der Waals surface area contributed by atoms with Crippen LogP contribution >= 0.6 is 0 Å². The van der Waals surface area contributed by atoms with E-state index in [2.05, 4.69) is 4.72 Å². The summed E-state index contributed by atoms with van der Waals surface area (Å²) >= 11 is 0. The molecule has 1 aliphatic rings. The average molecular weight is 443 g/mol. The largest absolute Gasteiger partial charge is 0.417 e. The van der Waals surface area contributed by atoms with E-state index >= 15 is 0 Å². The van der Waals surface area contributed by atoms with Gasteiger partial charge < -0.3 is 9.47 Å². The van der Waals surface area contributed by atoms with E-state index in [9.17, 15) is 31.2 Å². The fourth-order valence-corrected chi connectivity index (χ4v) is 4.53. The van der Waals surface area contributed by atoms with Crippen LogP contribution in [-0.4, -0.2) is 42.9 Å². The highest BCUT2D eigenvalue weighted by Crippen LogP contribution is 2.28. The molecule has 0 atom stereocenters. The predicted octanol–water partition coefficient (Wildman–Crippen LogP) is 1.84. The van der Waals surface area contributed by atoms with Gasteiger partial charge in [0, 0.05) is 31.4 Å². The molecule has 1 amide bonds. The van der Waals surface area contributed by atoms with Gasteiger partial charge in [-0.15, -0.1) is 0 Å². The number of carbonyl (C=O) groups is 1. The van der Waals surface area contributed by atoms with Crippen molar-refractivity contribution in [3.63, 3.8) is 0 Å². The van der Waals surface area contributed by atoms with E-state index in [1.807, 2.05) is 0 Å². The molecular weight excluding hydrogens is 423 g/mol. The van der Waals surface area contributed by atoms with Gasteiger partial charge in [-0.1, -0.05) is 18.2 Å². The van der Waals surface area contributed by atoms with Crippen molar-refractivity contribution in [1.29, 1.82) is 0 Å². The van der Waals surface area contributed by atoms with Crippen molar-refractivity contribution in [2.75, 3.05) is 13.1 Å². The lowest BCUT2D eigenvalue weighted by atomic mass is 10.1. The van der Waals surface area contributed by atoms with Crippen LogP contribution in [0.2, 0.25) is 0 Å². The number of piperidine rings is 1. The number of rotatable bonds is 5. The number of carbonyl (C=O) groups excluding carboxylic acids is 1. The Morgan fingerprint density at radius 2 is 1.70 bits per heavy atom. The third-order valence-corrected chi connectivity index (χ3v) is 6.38. The maximum atomic E-state index is 12.8. The smallest absolute Gasteiger partial charge is 0.341 e. The molecule has 1 saturated heterocycles. The summed E-state index contributed by atoms with van der Waals surface area (Å²) in [6.07, 6.45) is -3.28. The van der Waals surface area contributed by atoms with Crippen LogP contribution in [-0.2, 0) is 27.5 Å². The lowest BCUT2D eigenvalue weighted by Gasteiger charge is -2.32. The fourth-order valence-electron chi connectivity index (χ4n) is 3.20. The maximum absolute atomic E-state index is 12.8. The second-order valence-electron chi connectivity index (χ2n) is 6.97. The SMILES string of the molecule is O=C(Cn1cc(C(F)(F)F)ccc1=O)N1CCC(NS(=O)(=O)c2ccccc2)CC1. The zero-order valence-electron chi connectivity index (χ0n) is 15.8. The molecule has 0 spiro atoms. The summed E-state index contributed by atoms with van der Waals surface area (Å²) in [5.41, 5.74) is -1.72. The second-order valence-corrected chi connectivity index (χ2v) is 8.69. The number of halogens is 3.